The maximum atomic E-state index is 12.8. The van der Waals surface area contributed by atoms with E-state index in [1.54, 1.807) is 11.4 Å². The largest absolute Gasteiger partial charge is 0.497 e. The number of hydrogen-bond donors (Lipinski definition) is 1. The molecule has 6 nitrogen and oxygen atoms in total. The molecule has 0 amide bonds. The van der Waals surface area contributed by atoms with Crippen molar-refractivity contribution < 1.29 is 13.2 Å². The first-order chi connectivity index (χ1) is 12.5. The molecule has 0 aromatic heterocycles. The third-order valence-electron chi connectivity index (χ3n) is 5.10. The fourth-order valence-corrected chi connectivity index (χ4v) is 4.82. The second-order valence-corrected chi connectivity index (χ2v) is 8.44. The van der Waals surface area contributed by atoms with Crippen LogP contribution < -0.4 is 9.46 Å². The van der Waals surface area contributed by atoms with Crippen LogP contribution in [-0.2, 0) is 10.2 Å². The summed E-state index contributed by atoms with van der Waals surface area (Å²) < 4.78 is 35.3. The van der Waals surface area contributed by atoms with Gasteiger partial charge < -0.3 is 4.74 Å². The minimum atomic E-state index is -3.45. The Labute approximate surface area is 158 Å². The van der Waals surface area contributed by atoms with Crippen molar-refractivity contribution in [1.29, 1.82) is 0 Å². The Hall–Kier alpha value is -1.15. The average Bonchev–Trinajstić information content (AvgIpc) is 2.95. The number of likely N-dealkylation sites (N-methyl/N-ethyl adjacent to an activating group) is 1. The fraction of sp³-hybridized carbons (Fsp3) is 0.684. The van der Waals surface area contributed by atoms with Gasteiger partial charge in [-0.05, 0) is 43.6 Å². The van der Waals surface area contributed by atoms with Gasteiger partial charge in [-0.3, -0.25) is 4.90 Å². The molecule has 2 rings (SSSR count). The van der Waals surface area contributed by atoms with Crippen molar-refractivity contribution in [2.75, 3.05) is 39.8 Å². The van der Waals surface area contributed by atoms with Gasteiger partial charge in [0.15, 0.2) is 0 Å². The smallest absolute Gasteiger partial charge is 0.279 e. The number of nitrogens with zero attached hydrogens (tertiary/aromatic N) is 2. The summed E-state index contributed by atoms with van der Waals surface area (Å²) in [6.07, 6.45) is 4.10. The molecule has 1 fully saturated rings. The van der Waals surface area contributed by atoms with Crippen LogP contribution in [0, 0.1) is 0 Å². The Balaban J connectivity index is 2.15. The van der Waals surface area contributed by atoms with Gasteiger partial charge in [0.1, 0.15) is 5.75 Å². The second kappa shape index (κ2) is 10.3. The highest BCUT2D eigenvalue weighted by molar-refractivity contribution is 7.87. The summed E-state index contributed by atoms with van der Waals surface area (Å²) in [5.41, 5.74) is 1.06. The van der Waals surface area contributed by atoms with Crippen molar-refractivity contribution >= 4 is 10.2 Å². The first-order valence-corrected chi connectivity index (χ1v) is 11.1. The van der Waals surface area contributed by atoms with E-state index in [1.165, 1.54) is 0 Å². The van der Waals surface area contributed by atoms with E-state index in [4.69, 9.17) is 4.74 Å². The lowest BCUT2D eigenvalue weighted by molar-refractivity contribution is 0.218. The summed E-state index contributed by atoms with van der Waals surface area (Å²) in [4.78, 5) is 2.26. The molecular weight excluding hydrogens is 350 g/mol. The predicted molar refractivity (Wildman–Crippen MR) is 106 cm³/mol. The maximum Gasteiger partial charge on any atom is 0.279 e. The molecule has 1 heterocycles. The Morgan fingerprint density at radius 1 is 1.15 bits per heavy atom. The third-order valence-corrected chi connectivity index (χ3v) is 6.67. The standard InChI is InChI=1S/C19H33N3O3S/c1-4-21(5-2)19(17-11-10-12-18(15-17)25-3)16-20-26(23,24)22-13-8-6-7-9-14-22/h10-12,15,19-20H,4-9,13-14,16H2,1-3H3/t19-/m0/s1. The van der Waals surface area contributed by atoms with Crippen LogP contribution in [0.5, 0.6) is 5.75 Å². The van der Waals surface area contributed by atoms with Crippen molar-refractivity contribution in [3.05, 3.63) is 29.8 Å². The summed E-state index contributed by atoms with van der Waals surface area (Å²) >= 11 is 0. The van der Waals surface area contributed by atoms with Crippen molar-refractivity contribution in [2.24, 2.45) is 0 Å². The van der Waals surface area contributed by atoms with E-state index in [1.807, 2.05) is 24.3 Å². The van der Waals surface area contributed by atoms with Gasteiger partial charge in [-0.1, -0.05) is 38.8 Å². The summed E-state index contributed by atoms with van der Waals surface area (Å²) in [7, 11) is -1.80. The van der Waals surface area contributed by atoms with E-state index in [0.29, 0.717) is 19.6 Å². The van der Waals surface area contributed by atoms with Crippen LogP contribution >= 0.6 is 0 Å². The van der Waals surface area contributed by atoms with Crippen LogP contribution in [0.15, 0.2) is 24.3 Å². The molecule has 148 valence electrons. The Bertz CT molecular complexity index is 639. The highest BCUT2D eigenvalue weighted by Crippen LogP contribution is 2.24. The zero-order valence-electron chi connectivity index (χ0n) is 16.3. The normalized spacial score (nSPS) is 17.8. The molecule has 1 aromatic carbocycles. The van der Waals surface area contributed by atoms with Gasteiger partial charge >= 0.3 is 0 Å². The molecule has 0 bridgehead atoms. The molecule has 1 aliphatic rings. The Morgan fingerprint density at radius 3 is 2.38 bits per heavy atom. The molecule has 1 atom stereocenters. The van der Waals surface area contributed by atoms with E-state index >= 15 is 0 Å². The fourth-order valence-electron chi connectivity index (χ4n) is 3.53. The molecule has 0 aliphatic carbocycles. The lowest BCUT2D eigenvalue weighted by Gasteiger charge is -2.31. The number of nitrogens with one attached hydrogen (secondary N) is 1. The lowest BCUT2D eigenvalue weighted by Crippen LogP contribution is -2.45. The van der Waals surface area contributed by atoms with E-state index in [2.05, 4.69) is 23.5 Å². The number of hydrogen-bond acceptors (Lipinski definition) is 4. The third kappa shape index (κ3) is 5.67. The van der Waals surface area contributed by atoms with Gasteiger partial charge in [0.25, 0.3) is 10.2 Å². The van der Waals surface area contributed by atoms with E-state index in [9.17, 15) is 8.42 Å². The van der Waals surface area contributed by atoms with Gasteiger partial charge in [-0.25, -0.2) is 4.72 Å². The van der Waals surface area contributed by atoms with E-state index in [0.717, 1.165) is 50.1 Å². The predicted octanol–water partition coefficient (Wildman–Crippen LogP) is 2.79. The quantitative estimate of drug-likeness (QED) is 0.712. The molecule has 7 heteroatoms. The molecule has 0 spiro atoms. The van der Waals surface area contributed by atoms with Crippen molar-refractivity contribution in [3.63, 3.8) is 0 Å². The first kappa shape index (κ1) is 21.2. The zero-order valence-corrected chi connectivity index (χ0v) is 17.1. The summed E-state index contributed by atoms with van der Waals surface area (Å²) in [6.45, 7) is 7.48. The molecular formula is C19H33N3O3S. The zero-order chi connectivity index (χ0) is 19.0. The van der Waals surface area contributed by atoms with Gasteiger partial charge in [0.2, 0.25) is 0 Å². The monoisotopic (exact) mass is 383 g/mol. The molecule has 26 heavy (non-hydrogen) atoms. The van der Waals surface area contributed by atoms with E-state index < -0.39 is 10.2 Å². The molecule has 1 saturated heterocycles. The number of benzene rings is 1. The first-order valence-electron chi connectivity index (χ1n) is 9.64. The number of ether oxygens (including phenoxy) is 1. The van der Waals surface area contributed by atoms with Crippen LogP contribution in [0.1, 0.15) is 51.1 Å². The minimum Gasteiger partial charge on any atom is -0.497 e. The molecule has 1 aromatic rings. The average molecular weight is 384 g/mol. The number of rotatable bonds is 9. The minimum absolute atomic E-state index is 0.0261. The molecule has 0 saturated carbocycles. The second-order valence-electron chi connectivity index (χ2n) is 6.68. The van der Waals surface area contributed by atoms with Crippen molar-refractivity contribution in [1.82, 2.24) is 13.9 Å². The summed E-state index contributed by atoms with van der Waals surface area (Å²) in [5, 5.41) is 0. The highest BCUT2D eigenvalue weighted by Gasteiger charge is 2.26. The number of methoxy groups -OCH3 is 1. The van der Waals surface area contributed by atoms with Gasteiger partial charge in [0, 0.05) is 25.7 Å². The van der Waals surface area contributed by atoms with Crippen molar-refractivity contribution in [2.45, 2.75) is 45.6 Å². The van der Waals surface area contributed by atoms with Crippen molar-refractivity contribution in [3.8, 4) is 5.75 Å². The molecule has 0 radical (unpaired) electrons. The topological polar surface area (TPSA) is 61.9 Å². The lowest BCUT2D eigenvalue weighted by atomic mass is 10.0. The van der Waals surface area contributed by atoms with Gasteiger partial charge in [-0.15, -0.1) is 0 Å². The summed E-state index contributed by atoms with van der Waals surface area (Å²) in [5.74, 6) is 0.787. The maximum absolute atomic E-state index is 12.8. The van der Waals surface area contributed by atoms with Crippen LogP contribution in [-0.4, -0.2) is 57.5 Å². The Morgan fingerprint density at radius 2 is 1.81 bits per heavy atom. The van der Waals surface area contributed by atoms with Gasteiger partial charge in [0.05, 0.1) is 7.11 Å². The molecule has 1 N–H and O–H groups in total. The highest BCUT2D eigenvalue weighted by atomic mass is 32.2. The van der Waals surface area contributed by atoms with Crippen LogP contribution in [0.3, 0.4) is 0 Å². The molecule has 0 unspecified atom stereocenters. The van der Waals surface area contributed by atoms with Crippen LogP contribution in [0.25, 0.3) is 0 Å². The summed E-state index contributed by atoms with van der Waals surface area (Å²) in [6, 6.07) is 7.86. The molecule has 1 aliphatic heterocycles. The van der Waals surface area contributed by atoms with Crippen LogP contribution in [0.2, 0.25) is 0 Å². The van der Waals surface area contributed by atoms with Gasteiger partial charge in [-0.2, -0.15) is 12.7 Å². The van der Waals surface area contributed by atoms with E-state index in [-0.39, 0.29) is 6.04 Å². The van der Waals surface area contributed by atoms with Crippen LogP contribution in [0.4, 0.5) is 0 Å². The SMILES string of the molecule is CCN(CC)[C@@H](CNS(=O)(=O)N1CCCCCC1)c1cccc(OC)c1. The Kier molecular flexibility index (Phi) is 8.34.